The topological polar surface area (TPSA) is 151 Å². The second-order valence-electron chi connectivity index (χ2n) is 5.48. The second kappa shape index (κ2) is 7.79. The van der Waals surface area contributed by atoms with Gasteiger partial charge in [-0.2, -0.15) is 0 Å². The molecule has 0 heterocycles. The minimum Gasteiger partial charge on any atom is -0.478 e. The van der Waals surface area contributed by atoms with Crippen molar-refractivity contribution in [2.75, 3.05) is 0 Å². The summed E-state index contributed by atoms with van der Waals surface area (Å²) in [4.78, 5) is 22.9. The normalized spacial score (nSPS) is 11.8. The van der Waals surface area contributed by atoms with Crippen LogP contribution in [-0.2, 0) is 9.59 Å². The first kappa shape index (κ1) is 19.1. The zero-order chi connectivity index (χ0) is 19.3. The number of aliphatic carboxylic acids is 1. The van der Waals surface area contributed by atoms with Gasteiger partial charge in [-0.1, -0.05) is 36.4 Å². The molecule has 8 nitrogen and oxygen atoms in total. The van der Waals surface area contributed by atoms with Crippen LogP contribution in [0, 0.1) is 0 Å². The molecule has 0 fully saturated rings. The SMILES string of the molecule is CC(=O)Oc1cc(/C=C(/C(=O)O)c2ccccc2)ccc1OC(N)(N)N. The lowest BCUT2D eigenvalue weighted by atomic mass is 10.0. The third-order valence-electron chi connectivity index (χ3n) is 3.13. The van der Waals surface area contributed by atoms with Gasteiger partial charge in [-0.15, -0.1) is 0 Å². The lowest BCUT2D eigenvalue weighted by Crippen LogP contribution is -2.62. The van der Waals surface area contributed by atoms with Gasteiger partial charge < -0.3 is 14.6 Å². The van der Waals surface area contributed by atoms with E-state index in [0.717, 1.165) is 0 Å². The fourth-order valence-electron chi connectivity index (χ4n) is 2.18. The quantitative estimate of drug-likeness (QED) is 0.197. The largest absolute Gasteiger partial charge is 0.478 e. The zero-order valence-electron chi connectivity index (χ0n) is 14.0. The van der Waals surface area contributed by atoms with E-state index in [2.05, 4.69) is 0 Å². The molecule has 0 aromatic heterocycles. The molecule has 0 aliphatic carbocycles. The van der Waals surface area contributed by atoms with Crippen molar-refractivity contribution in [3.63, 3.8) is 0 Å². The van der Waals surface area contributed by atoms with E-state index in [1.807, 2.05) is 0 Å². The highest BCUT2D eigenvalue weighted by molar-refractivity contribution is 6.20. The van der Waals surface area contributed by atoms with Crippen LogP contribution in [0.1, 0.15) is 18.1 Å². The van der Waals surface area contributed by atoms with Crippen molar-refractivity contribution in [1.29, 1.82) is 0 Å². The second-order valence-corrected chi connectivity index (χ2v) is 5.48. The third-order valence-corrected chi connectivity index (χ3v) is 3.13. The zero-order valence-corrected chi connectivity index (χ0v) is 14.0. The van der Waals surface area contributed by atoms with Gasteiger partial charge in [-0.05, 0) is 29.3 Å². The van der Waals surface area contributed by atoms with Crippen LogP contribution in [0.15, 0.2) is 48.5 Å². The van der Waals surface area contributed by atoms with Crippen molar-refractivity contribution < 1.29 is 24.2 Å². The summed E-state index contributed by atoms with van der Waals surface area (Å²) in [6.07, 6.45) is 1.44. The monoisotopic (exact) mass is 357 g/mol. The van der Waals surface area contributed by atoms with Gasteiger partial charge in [0.1, 0.15) is 0 Å². The molecule has 26 heavy (non-hydrogen) atoms. The molecule has 0 aliphatic heterocycles. The Hall–Kier alpha value is -3.20. The first-order valence-corrected chi connectivity index (χ1v) is 7.54. The summed E-state index contributed by atoms with van der Waals surface area (Å²) in [5, 5.41) is 9.48. The lowest BCUT2D eigenvalue weighted by Gasteiger charge is -2.21. The molecule has 0 aliphatic rings. The number of benzene rings is 2. The maximum absolute atomic E-state index is 11.6. The summed E-state index contributed by atoms with van der Waals surface area (Å²) < 4.78 is 10.2. The van der Waals surface area contributed by atoms with Gasteiger partial charge in [-0.3, -0.25) is 22.0 Å². The molecule has 0 unspecified atom stereocenters. The molecule has 0 saturated heterocycles. The number of nitrogens with two attached hydrogens (primary N) is 3. The van der Waals surface area contributed by atoms with Crippen LogP contribution in [0.4, 0.5) is 0 Å². The highest BCUT2D eigenvalue weighted by Gasteiger charge is 2.19. The van der Waals surface area contributed by atoms with Gasteiger partial charge in [0.25, 0.3) is 5.97 Å². The van der Waals surface area contributed by atoms with E-state index in [0.29, 0.717) is 11.1 Å². The van der Waals surface area contributed by atoms with E-state index in [1.54, 1.807) is 36.4 Å². The van der Waals surface area contributed by atoms with E-state index >= 15 is 0 Å². The number of ether oxygens (including phenoxy) is 2. The summed E-state index contributed by atoms with van der Waals surface area (Å²) in [5.41, 5.74) is 17.3. The van der Waals surface area contributed by atoms with Crippen LogP contribution in [0.2, 0.25) is 0 Å². The number of hydrogen-bond donors (Lipinski definition) is 4. The van der Waals surface area contributed by atoms with Crippen molar-refractivity contribution in [3.8, 4) is 11.5 Å². The van der Waals surface area contributed by atoms with Gasteiger partial charge in [-0.25, -0.2) is 4.79 Å². The predicted molar refractivity (Wildman–Crippen MR) is 95.6 cm³/mol. The maximum atomic E-state index is 11.6. The molecule has 2 aromatic rings. The van der Waals surface area contributed by atoms with Gasteiger partial charge in [0.05, 0.1) is 5.57 Å². The lowest BCUT2D eigenvalue weighted by molar-refractivity contribution is -0.132. The summed E-state index contributed by atoms with van der Waals surface area (Å²) in [6.45, 7) is 1.21. The van der Waals surface area contributed by atoms with Crippen molar-refractivity contribution in [2.24, 2.45) is 17.2 Å². The van der Waals surface area contributed by atoms with E-state index in [4.69, 9.17) is 26.7 Å². The number of carbonyl (C=O) groups excluding carboxylic acids is 1. The summed E-state index contributed by atoms with van der Waals surface area (Å²) in [5.74, 6) is -3.62. The number of esters is 1. The number of hydrogen-bond acceptors (Lipinski definition) is 7. The Morgan fingerprint density at radius 1 is 1.04 bits per heavy atom. The van der Waals surface area contributed by atoms with E-state index < -0.39 is 17.9 Å². The van der Waals surface area contributed by atoms with Gasteiger partial charge in [0.15, 0.2) is 11.5 Å². The summed E-state index contributed by atoms with van der Waals surface area (Å²) >= 11 is 0. The Morgan fingerprint density at radius 3 is 2.23 bits per heavy atom. The molecule has 0 atom stereocenters. The van der Waals surface area contributed by atoms with Crippen LogP contribution in [0.25, 0.3) is 11.6 Å². The van der Waals surface area contributed by atoms with Crippen molar-refractivity contribution in [1.82, 2.24) is 0 Å². The van der Waals surface area contributed by atoms with E-state index in [9.17, 15) is 14.7 Å². The predicted octanol–water partition coefficient (Wildman–Crippen LogP) is 1.10. The number of carboxylic acid groups (broad SMARTS) is 1. The molecule has 7 N–H and O–H groups in total. The van der Waals surface area contributed by atoms with Gasteiger partial charge in [0.2, 0.25) is 0 Å². The van der Waals surface area contributed by atoms with Crippen molar-refractivity contribution in [2.45, 2.75) is 12.9 Å². The van der Waals surface area contributed by atoms with Crippen molar-refractivity contribution >= 4 is 23.6 Å². The Morgan fingerprint density at radius 2 is 1.69 bits per heavy atom. The van der Waals surface area contributed by atoms with Crippen molar-refractivity contribution in [3.05, 3.63) is 59.7 Å². The smallest absolute Gasteiger partial charge is 0.336 e. The maximum Gasteiger partial charge on any atom is 0.336 e. The van der Waals surface area contributed by atoms with Crippen LogP contribution < -0.4 is 26.7 Å². The summed E-state index contributed by atoms with van der Waals surface area (Å²) in [6, 6.07) is 13.0. The molecule has 0 spiro atoms. The third kappa shape index (κ3) is 5.42. The van der Waals surface area contributed by atoms with Gasteiger partial charge >= 0.3 is 11.9 Å². The molecular weight excluding hydrogens is 338 g/mol. The Balaban J connectivity index is 2.48. The minimum absolute atomic E-state index is 0.00905. The van der Waals surface area contributed by atoms with Crippen LogP contribution in [-0.4, -0.2) is 23.0 Å². The average Bonchev–Trinajstić information content (AvgIpc) is 2.53. The highest BCUT2D eigenvalue weighted by atomic mass is 16.6. The average molecular weight is 357 g/mol. The van der Waals surface area contributed by atoms with E-state index in [1.165, 1.54) is 25.1 Å². The Kier molecular flexibility index (Phi) is 5.73. The molecule has 0 radical (unpaired) electrons. The molecule has 8 heteroatoms. The minimum atomic E-state index is -1.97. The van der Waals surface area contributed by atoms with Crippen LogP contribution in [0.3, 0.4) is 0 Å². The fourth-order valence-corrected chi connectivity index (χ4v) is 2.18. The Bertz CT molecular complexity index is 842. The number of rotatable bonds is 6. The van der Waals surface area contributed by atoms with Gasteiger partial charge in [0, 0.05) is 6.92 Å². The Labute approximate surface area is 149 Å². The van der Waals surface area contributed by atoms with E-state index in [-0.39, 0.29) is 17.1 Å². The molecule has 0 bridgehead atoms. The molecule has 0 amide bonds. The molecule has 2 rings (SSSR count). The first-order chi connectivity index (χ1) is 12.2. The number of carboxylic acids is 1. The van der Waals surface area contributed by atoms with Crippen LogP contribution >= 0.6 is 0 Å². The molecule has 0 saturated carbocycles. The standard InChI is InChI=1S/C18H19N3O5/c1-11(22)25-16-10-12(7-8-15(16)26-18(19,20)21)9-14(17(23)24)13-5-3-2-4-6-13/h2-10H,19-21H2,1H3,(H,23,24)/b14-9+. The molecule has 2 aromatic carbocycles. The molecular formula is C18H19N3O5. The first-order valence-electron chi connectivity index (χ1n) is 7.54. The number of carbonyl (C=O) groups is 2. The fraction of sp³-hybridized carbons (Fsp3) is 0.111. The summed E-state index contributed by atoms with van der Waals surface area (Å²) in [7, 11) is 0. The molecule has 136 valence electrons. The van der Waals surface area contributed by atoms with Crippen LogP contribution in [0.5, 0.6) is 11.5 Å². The highest BCUT2D eigenvalue weighted by Crippen LogP contribution is 2.31.